The second-order valence-electron chi connectivity index (χ2n) is 7.39. The van der Waals surface area contributed by atoms with E-state index in [1.54, 1.807) is 11.3 Å². The molecule has 0 spiro atoms. The topological polar surface area (TPSA) is 50.9 Å². The first-order valence-electron chi connectivity index (χ1n) is 7.65. The zero-order chi connectivity index (χ0) is 15.0. The summed E-state index contributed by atoms with van der Waals surface area (Å²) in [7, 11) is 0. The SMILES string of the molecule is CC1C(N)CCC(CNC(C)(C)c2nccs2)C1(C)C. The van der Waals surface area contributed by atoms with Gasteiger partial charge in [0.05, 0.1) is 5.54 Å². The zero-order valence-electron chi connectivity index (χ0n) is 13.4. The summed E-state index contributed by atoms with van der Waals surface area (Å²) in [5.41, 5.74) is 6.49. The van der Waals surface area contributed by atoms with Crippen molar-refractivity contribution in [2.24, 2.45) is 23.0 Å². The quantitative estimate of drug-likeness (QED) is 0.895. The van der Waals surface area contributed by atoms with E-state index in [2.05, 4.69) is 44.9 Å². The second kappa shape index (κ2) is 5.74. The molecular weight excluding hydrogens is 266 g/mol. The molecule has 0 radical (unpaired) electrons. The first kappa shape index (κ1) is 15.9. The predicted octanol–water partition coefficient (Wildman–Crippen LogP) is 3.37. The van der Waals surface area contributed by atoms with Gasteiger partial charge in [-0.2, -0.15) is 0 Å². The number of hydrogen-bond donors (Lipinski definition) is 2. The molecule has 1 aromatic heterocycles. The summed E-state index contributed by atoms with van der Waals surface area (Å²) in [5, 5.41) is 6.94. The third-order valence-electron chi connectivity index (χ3n) is 5.47. The van der Waals surface area contributed by atoms with Gasteiger partial charge in [0.2, 0.25) is 0 Å². The minimum Gasteiger partial charge on any atom is -0.327 e. The van der Waals surface area contributed by atoms with Gasteiger partial charge < -0.3 is 11.1 Å². The van der Waals surface area contributed by atoms with E-state index in [0.29, 0.717) is 23.3 Å². The van der Waals surface area contributed by atoms with Crippen LogP contribution in [0.2, 0.25) is 0 Å². The molecule has 0 saturated heterocycles. The van der Waals surface area contributed by atoms with Crippen LogP contribution in [0.15, 0.2) is 11.6 Å². The van der Waals surface area contributed by atoms with Crippen molar-refractivity contribution in [3.63, 3.8) is 0 Å². The van der Waals surface area contributed by atoms with Crippen LogP contribution in [-0.2, 0) is 5.54 Å². The number of nitrogens with zero attached hydrogens (tertiary/aromatic N) is 1. The van der Waals surface area contributed by atoms with Gasteiger partial charge in [-0.3, -0.25) is 0 Å². The zero-order valence-corrected chi connectivity index (χ0v) is 14.3. The molecule has 114 valence electrons. The maximum Gasteiger partial charge on any atom is 0.112 e. The number of aromatic nitrogens is 1. The molecule has 0 bridgehead atoms. The summed E-state index contributed by atoms with van der Waals surface area (Å²) in [4.78, 5) is 4.45. The Morgan fingerprint density at radius 2 is 2.15 bits per heavy atom. The molecule has 1 saturated carbocycles. The van der Waals surface area contributed by atoms with E-state index in [4.69, 9.17) is 5.73 Å². The fourth-order valence-electron chi connectivity index (χ4n) is 3.29. The number of thiazole rings is 1. The van der Waals surface area contributed by atoms with Gasteiger partial charge in [-0.25, -0.2) is 4.98 Å². The highest BCUT2D eigenvalue weighted by molar-refractivity contribution is 7.09. The van der Waals surface area contributed by atoms with E-state index in [0.717, 1.165) is 18.0 Å². The van der Waals surface area contributed by atoms with Gasteiger partial charge >= 0.3 is 0 Å². The number of nitrogens with one attached hydrogen (secondary N) is 1. The lowest BCUT2D eigenvalue weighted by molar-refractivity contribution is 0.0495. The van der Waals surface area contributed by atoms with Crippen LogP contribution in [0.1, 0.15) is 52.5 Å². The van der Waals surface area contributed by atoms with Crippen molar-refractivity contribution in [3.05, 3.63) is 16.6 Å². The standard InChI is InChI=1S/C16H29N3S/c1-11-13(17)7-6-12(15(11,2)3)10-19-16(4,5)14-18-8-9-20-14/h8-9,11-13,19H,6-7,10,17H2,1-5H3. The van der Waals surface area contributed by atoms with Crippen LogP contribution in [-0.4, -0.2) is 17.6 Å². The Morgan fingerprint density at radius 3 is 2.75 bits per heavy atom. The molecule has 3 nitrogen and oxygen atoms in total. The Morgan fingerprint density at radius 1 is 1.45 bits per heavy atom. The van der Waals surface area contributed by atoms with Gasteiger partial charge in [-0.1, -0.05) is 20.8 Å². The van der Waals surface area contributed by atoms with E-state index in [-0.39, 0.29) is 5.54 Å². The molecule has 4 heteroatoms. The molecule has 0 aromatic carbocycles. The second-order valence-corrected chi connectivity index (χ2v) is 8.29. The third-order valence-corrected chi connectivity index (χ3v) is 6.57. The van der Waals surface area contributed by atoms with E-state index in [1.807, 2.05) is 11.6 Å². The maximum atomic E-state index is 6.25. The maximum absolute atomic E-state index is 6.25. The normalized spacial score (nSPS) is 30.4. The van der Waals surface area contributed by atoms with Crippen molar-refractivity contribution in [3.8, 4) is 0 Å². The minimum atomic E-state index is -0.0486. The number of hydrogen-bond acceptors (Lipinski definition) is 4. The van der Waals surface area contributed by atoms with E-state index in [1.165, 1.54) is 6.42 Å². The summed E-state index contributed by atoms with van der Waals surface area (Å²) in [5.74, 6) is 1.25. The lowest BCUT2D eigenvalue weighted by atomic mass is 9.61. The number of nitrogens with two attached hydrogens (primary N) is 1. The van der Waals surface area contributed by atoms with E-state index >= 15 is 0 Å². The lowest BCUT2D eigenvalue weighted by Gasteiger charge is -2.47. The monoisotopic (exact) mass is 295 g/mol. The van der Waals surface area contributed by atoms with Crippen molar-refractivity contribution < 1.29 is 0 Å². The summed E-state index contributed by atoms with van der Waals surface area (Å²) >= 11 is 1.72. The summed E-state index contributed by atoms with van der Waals surface area (Å²) < 4.78 is 0. The summed E-state index contributed by atoms with van der Waals surface area (Å²) in [6.45, 7) is 12.5. The van der Waals surface area contributed by atoms with E-state index in [9.17, 15) is 0 Å². The fourth-order valence-corrected chi connectivity index (χ4v) is 4.03. The van der Waals surface area contributed by atoms with Gasteiger partial charge in [0, 0.05) is 17.6 Å². The molecule has 0 aliphatic heterocycles. The molecule has 3 atom stereocenters. The largest absolute Gasteiger partial charge is 0.327 e. The number of rotatable bonds is 4. The van der Waals surface area contributed by atoms with Crippen molar-refractivity contribution in [1.29, 1.82) is 0 Å². The van der Waals surface area contributed by atoms with Crippen LogP contribution < -0.4 is 11.1 Å². The van der Waals surface area contributed by atoms with Crippen molar-refractivity contribution in [2.75, 3.05) is 6.54 Å². The fraction of sp³-hybridized carbons (Fsp3) is 0.812. The molecule has 1 aliphatic carbocycles. The van der Waals surface area contributed by atoms with Gasteiger partial charge in [-0.05, 0) is 50.5 Å². The lowest BCUT2D eigenvalue weighted by Crippen LogP contribution is -2.51. The Hall–Kier alpha value is -0.450. The average Bonchev–Trinajstić information content (AvgIpc) is 2.90. The first-order valence-corrected chi connectivity index (χ1v) is 8.53. The van der Waals surface area contributed by atoms with E-state index < -0.39 is 0 Å². The average molecular weight is 295 g/mol. The molecule has 0 amide bonds. The molecule has 20 heavy (non-hydrogen) atoms. The first-order chi connectivity index (χ1) is 9.25. The van der Waals surface area contributed by atoms with Crippen molar-refractivity contribution >= 4 is 11.3 Å². The highest BCUT2D eigenvalue weighted by Crippen LogP contribution is 2.44. The van der Waals surface area contributed by atoms with Crippen LogP contribution in [0, 0.1) is 17.3 Å². The van der Waals surface area contributed by atoms with Crippen LogP contribution in [0.25, 0.3) is 0 Å². The minimum absolute atomic E-state index is 0.0486. The molecule has 1 heterocycles. The van der Waals surface area contributed by atoms with Gasteiger partial charge in [-0.15, -0.1) is 11.3 Å². The van der Waals surface area contributed by atoms with Gasteiger partial charge in [0.25, 0.3) is 0 Å². The third kappa shape index (κ3) is 3.07. The highest BCUT2D eigenvalue weighted by Gasteiger charge is 2.41. The molecular formula is C16H29N3S. The molecule has 3 unspecified atom stereocenters. The van der Waals surface area contributed by atoms with Crippen LogP contribution >= 0.6 is 11.3 Å². The van der Waals surface area contributed by atoms with Crippen molar-refractivity contribution in [1.82, 2.24) is 10.3 Å². The molecule has 2 rings (SSSR count). The van der Waals surface area contributed by atoms with Gasteiger partial charge in [0.1, 0.15) is 5.01 Å². The smallest absolute Gasteiger partial charge is 0.112 e. The van der Waals surface area contributed by atoms with Gasteiger partial charge in [0.15, 0.2) is 0 Å². The Labute approximate surface area is 127 Å². The summed E-state index contributed by atoms with van der Waals surface area (Å²) in [6.07, 6.45) is 4.25. The molecule has 3 N–H and O–H groups in total. The summed E-state index contributed by atoms with van der Waals surface area (Å²) in [6, 6.07) is 0.355. The molecule has 1 fully saturated rings. The highest BCUT2D eigenvalue weighted by atomic mass is 32.1. The van der Waals surface area contributed by atoms with Crippen LogP contribution in [0.4, 0.5) is 0 Å². The molecule has 1 aliphatic rings. The Kier molecular flexibility index (Phi) is 4.57. The Bertz CT molecular complexity index is 425. The predicted molar refractivity (Wildman–Crippen MR) is 86.8 cm³/mol. The molecule has 1 aromatic rings. The Balaban J connectivity index is 2.00. The van der Waals surface area contributed by atoms with Crippen LogP contribution in [0.3, 0.4) is 0 Å². The van der Waals surface area contributed by atoms with Crippen LogP contribution in [0.5, 0.6) is 0 Å². The van der Waals surface area contributed by atoms with Crippen molar-refractivity contribution in [2.45, 2.75) is 59.0 Å².